The lowest BCUT2D eigenvalue weighted by molar-refractivity contribution is -0.143. The third kappa shape index (κ3) is 3.49. The van der Waals surface area contributed by atoms with E-state index >= 15 is 0 Å². The molecule has 0 unspecified atom stereocenters. The van der Waals surface area contributed by atoms with Gasteiger partial charge in [0.2, 0.25) is 0 Å². The number of nitrogens with zero attached hydrogens (tertiary/aromatic N) is 3. The minimum Gasteiger partial charge on any atom is -0.363 e. The lowest BCUT2D eigenvalue weighted by Gasteiger charge is -2.46. The van der Waals surface area contributed by atoms with Gasteiger partial charge in [-0.3, -0.25) is 9.59 Å². The van der Waals surface area contributed by atoms with Crippen LogP contribution in [0.5, 0.6) is 0 Å². The van der Waals surface area contributed by atoms with Crippen LogP contribution in [-0.4, -0.2) is 53.5 Å². The maximum absolute atomic E-state index is 12.8. The number of benzene rings is 1. The molecule has 27 heavy (non-hydrogen) atoms. The second-order valence-corrected chi connectivity index (χ2v) is 8.62. The monoisotopic (exact) mass is 385 g/mol. The number of carbonyl (C=O) groups excluding carboxylic acids is 2. The zero-order valence-electron chi connectivity index (χ0n) is 15.6. The molecule has 1 aromatic carbocycles. The van der Waals surface area contributed by atoms with E-state index in [2.05, 4.69) is 4.98 Å². The second kappa shape index (κ2) is 7.05. The van der Waals surface area contributed by atoms with Crippen molar-refractivity contribution in [3.63, 3.8) is 0 Å². The van der Waals surface area contributed by atoms with Gasteiger partial charge in [0.1, 0.15) is 12.3 Å². The highest BCUT2D eigenvalue weighted by Crippen LogP contribution is 2.33. The Morgan fingerprint density at radius 3 is 2.52 bits per heavy atom. The Bertz CT molecular complexity index is 857. The van der Waals surface area contributed by atoms with Crippen molar-refractivity contribution >= 4 is 28.8 Å². The van der Waals surface area contributed by atoms with Gasteiger partial charge in [0.15, 0.2) is 0 Å². The number of morpholine rings is 1. The first kappa shape index (κ1) is 18.1. The number of thiazole rings is 1. The Labute approximate surface area is 162 Å². The lowest BCUT2D eigenvalue weighted by Crippen LogP contribution is -2.59. The molecule has 2 aromatic rings. The molecule has 3 heterocycles. The number of hydrogen-bond donors (Lipinski definition) is 0. The van der Waals surface area contributed by atoms with Crippen molar-refractivity contribution in [2.24, 2.45) is 0 Å². The molecule has 2 amide bonds. The van der Waals surface area contributed by atoms with Gasteiger partial charge in [0, 0.05) is 23.7 Å². The van der Waals surface area contributed by atoms with Gasteiger partial charge in [-0.1, -0.05) is 18.2 Å². The summed E-state index contributed by atoms with van der Waals surface area (Å²) in [5.41, 5.74) is 1.09. The zero-order valence-corrected chi connectivity index (χ0v) is 16.4. The van der Waals surface area contributed by atoms with E-state index in [-0.39, 0.29) is 24.0 Å². The Balaban J connectivity index is 1.45. The number of aromatic nitrogens is 1. The summed E-state index contributed by atoms with van der Waals surface area (Å²) >= 11 is 1.55. The minimum absolute atomic E-state index is 0.00139. The summed E-state index contributed by atoms with van der Waals surface area (Å²) < 4.78 is 5.99. The molecule has 4 rings (SSSR count). The smallest absolute Gasteiger partial charge is 0.273 e. The summed E-state index contributed by atoms with van der Waals surface area (Å²) in [5, 5.41) is 0.914. The van der Waals surface area contributed by atoms with Gasteiger partial charge in [-0.2, -0.15) is 0 Å². The predicted molar refractivity (Wildman–Crippen MR) is 104 cm³/mol. The van der Waals surface area contributed by atoms with Crippen LogP contribution >= 0.6 is 11.3 Å². The van der Waals surface area contributed by atoms with Crippen molar-refractivity contribution in [3.8, 4) is 0 Å². The van der Waals surface area contributed by atoms with E-state index in [1.54, 1.807) is 11.3 Å². The number of likely N-dealkylation sites (tertiary alicyclic amines) is 1. The molecule has 142 valence electrons. The Hall–Kier alpha value is -2.25. The first-order chi connectivity index (χ1) is 13.0. The molecule has 6 nitrogen and oxygen atoms in total. The standard InChI is InChI=1S/C20H23N3O3S/c1-14-18(21-15(2)27-14)19(25)22-10-8-20(9-11-22)13-23(17(24)12-26-20)16-6-4-3-5-7-16/h3-7H,8-13H2,1-2H3. The van der Waals surface area contributed by atoms with E-state index in [1.165, 1.54) is 0 Å². The molecule has 2 fully saturated rings. The van der Waals surface area contributed by atoms with Crippen LogP contribution in [0.4, 0.5) is 5.69 Å². The summed E-state index contributed by atoms with van der Waals surface area (Å²) in [4.78, 5) is 34.2. The van der Waals surface area contributed by atoms with Gasteiger partial charge < -0.3 is 14.5 Å². The minimum atomic E-state index is -0.381. The van der Waals surface area contributed by atoms with Crippen LogP contribution in [0.1, 0.15) is 33.2 Å². The highest BCUT2D eigenvalue weighted by molar-refractivity contribution is 7.11. The van der Waals surface area contributed by atoms with Crippen LogP contribution in [0.2, 0.25) is 0 Å². The molecule has 0 N–H and O–H groups in total. The van der Waals surface area contributed by atoms with E-state index in [1.807, 2.05) is 54.0 Å². The topological polar surface area (TPSA) is 62.7 Å². The summed E-state index contributed by atoms with van der Waals surface area (Å²) in [5.74, 6) is -0.0163. The van der Waals surface area contributed by atoms with E-state index in [9.17, 15) is 9.59 Å². The van der Waals surface area contributed by atoms with Crippen LogP contribution < -0.4 is 4.90 Å². The number of rotatable bonds is 2. The Morgan fingerprint density at radius 2 is 1.89 bits per heavy atom. The molecule has 0 atom stereocenters. The fraction of sp³-hybridized carbons (Fsp3) is 0.450. The van der Waals surface area contributed by atoms with Gasteiger partial charge >= 0.3 is 0 Å². The zero-order chi connectivity index (χ0) is 19.0. The Morgan fingerprint density at radius 1 is 1.19 bits per heavy atom. The Kier molecular flexibility index (Phi) is 4.74. The van der Waals surface area contributed by atoms with Crippen molar-refractivity contribution in [1.82, 2.24) is 9.88 Å². The van der Waals surface area contributed by atoms with Crippen molar-refractivity contribution in [3.05, 3.63) is 45.9 Å². The molecular formula is C20H23N3O3S. The molecule has 2 aliphatic rings. The number of hydrogen-bond acceptors (Lipinski definition) is 5. The van der Waals surface area contributed by atoms with Crippen LogP contribution in [0.3, 0.4) is 0 Å². The second-order valence-electron chi connectivity index (χ2n) is 7.22. The number of amides is 2. The lowest BCUT2D eigenvalue weighted by atomic mass is 9.89. The SMILES string of the molecule is Cc1nc(C(=O)N2CCC3(CC2)CN(c2ccccc2)C(=O)CO3)c(C)s1. The first-order valence-corrected chi connectivity index (χ1v) is 10.0. The molecule has 1 aromatic heterocycles. The normalized spacial score (nSPS) is 19.6. The molecule has 1 spiro atoms. The quantitative estimate of drug-likeness (QED) is 0.798. The molecule has 2 saturated heterocycles. The summed E-state index contributed by atoms with van der Waals surface area (Å²) in [6.07, 6.45) is 1.44. The fourth-order valence-electron chi connectivity index (χ4n) is 3.85. The average Bonchev–Trinajstić information content (AvgIpc) is 3.03. The summed E-state index contributed by atoms with van der Waals surface area (Å²) in [7, 11) is 0. The van der Waals surface area contributed by atoms with E-state index in [0.717, 1.165) is 28.4 Å². The fourth-order valence-corrected chi connectivity index (χ4v) is 4.66. The highest BCUT2D eigenvalue weighted by Gasteiger charge is 2.43. The van der Waals surface area contributed by atoms with Gasteiger partial charge in [-0.05, 0) is 38.8 Å². The van der Waals surface area contributed by atoms with Gasteiger partial charge in [0.25, 0.3) is 11.8 Å². The first-order valence-electron chi connectivity index (χ1n) is 9.20. The molecule has 0 aliphatic carbocycles. The molecule has 7 heteroatoms. The molecule has 0 bridgehead atoms. The maximum atomic E-state index is 12.8. The summed E-state index contributed by atoms with van der Waals surface area (Å²) in [6.45, 7) is 5.72. The maximum Gasteiger partial charge on any atom is 0.273 e. The number of piperidine rings is 1. The number of aryl methyl sites for hydroxylation is 2. The molecule has 2 aliphatic heterocycles. The number of anilines is 1. The van der Waals surface area contributed by atoms with Crippen molar-refractivity contribution in [2.45, 2.75) is 32.3 Å². The summed E-state index contributed by atoms with van der Waals surface area (Å²) in [6, 6.07) is 9.71. The number of carbonyl (C=O) groups is 2. The van der Waals surface area contributed by atoms with Crippen molar-refractivity contribution in [1.29, 1.82) is 0 Å². The molecule has 0 radical (unpaired) electrons. The molecule has 0 saturated carbocycles. The van der Waals surface area contributed by atoms with Crippen molar-refractivity contribution in [2.75, 3.05) is 31.1 Å². The van der Waals surface area contributed by atoms with Crippen LogP contribution in [-0.2, 0) is 9.53 Å². The highest BCUT2D eigenvalue weighted by atomic mass is 32.1. The third-order valence-corrected chi connectivity index (χ3v) is 6.27. The predicted octanol–water partition coefficient (Wildman–Crippen LogP) is 2.80. The van der Waals surface area contributed by atoms with E-state index < -0.39 is 0 Å². The number of para-hydroxylation sites is 1. The third-order valence-electron chi connectivity index (χ3n) is 5.39. The largest absolute Gasteiger partial charge is 0.363 e. The van der Waals surface area contributed by atoms with E-state index in [0.29, 0.717) is 25.3 Å². The van der Waals surface area contributed by atoms with Gasteiger partial charge in [-0.15, -0.1) is 11.3 Å². The van der Waals surface area contributed by atoms with E-state index in [4.69, 9.17) is 4.74 Å². The average molecular weight is 385 g/mol. The van der Waals surface area contributed by atoms with Crippen LogP contribution in [0, 0.1) is 13.8 Å². The van der Waals surface area contributed by atoms with Crippen LogP contribution in [0.15, 0.2) is 30.3 Å². The molecular weight excluding hydrogens is 362 g/mol. The van der Waals surface area contributed by atoms with Gasteiger partial charge in [-0.25, -0.2) is 4.98 Å². The number of ether oxygens (including phenoxy) is 1. The van der Waals surface area contributed by atoms with Crippen molar-refractivity contribution < 1.29 is 14.3 Å². The van der Waals surface area contributed by atoms with Gasteiger partial charge in [0.05, 0.1) is 17.2 Å². The van der Waals surface area contributed by atoms with Crippen LogP contribution in [0.25, 0.3) is 0 Å².